The minimum atomic E-state index is -0.453. The summed E-state index contributed by atoms with van der Waals surface area (Å²) in [6.07, 6.45) is 8.91. The Bertz CT molecular complexity index is 1050. The van der Waals surface area contributed by atoms with Crippen LogP contribution in [0.1, 0.15) is 86.0 Å². The highest BCUT2D eigenvalue weighted by Gasteiger charge is 2.84. The van der Waals surface area contributed by atoms with Crippen molar-refractivity contribution in [2.24, 2.45) is 50.7 Å². The van der Waals surface area contributed by atoms with Crippen LogP contribution in [0.5, 0.6) is 0 Å². The monoisotopic (exact) mass is 573 g/mol. The zero-order valence-corrected chi connectivity index (χ0v) is 26.1. The van der Waals surface area contributed by atoms with Gasteiger partial charge in [-0.25, -0.2) is 0 Å². The highest BCUT2D eigenvalue weighted by Crippen LogP contribution is 2.89. The third kappa shape index (κ3) is 3.46. The minimum Gasteiger partial charge on any atom is -0.394 e. The lowest BCUT2D eigenvalue weighted by molar-refractivity contribution is -0.256. The van der Waals surface area contributed by atoms with Gasteiger partial charge in [0.05, 0.1) is 63.4 Å². The molecule has 3 aliphatic heterocycles. The van der Waals surface area contributed by atoms with Gasteiger partial charge in [-0.05, 0) is 96.7 Å². The molecule has 2 N–H and O–H groups in total. The molecule has 8 aliphatic rings. The molecule has 2 spiro atoms. The van der Waals surface area contributed by atoms with E-state index in [9.17, 15) is 10.2 Å². The maximum absolute atomic E-state index is 12.2. The largest absolute Gasteiger partial charge is 0.394 e. The molecular weight excluding hydrogens is 518 g/mol. The molecule has 0 amide bonds. The summed E-state index contributed by atoms with van der Waals surface area (Å²) in [6.45, 7) is 16.6. The van der Waals surface area contributed by atoms with Crippen molar-refractivity contribution in [3.05, 3.63) is 0 Å². The lowest BCUT2D eigenvalue weighted by Gasteiger charge is -2.64. The third-order valence-electron chi connectivity index (χ3n) is 15.5. The van der Waals surface area contributed by atoms with Gasteiger partial charge in [-0.2, -0.15) is 0 Å². The Kier molecular flexibility index (Phi) is 6.29. The van der Waals surface area contributed by atoms with E-state index in [0.717, 1.165) is 45.8 Å². The van der Waals surface area contributed by atoms with E-state index in [1.807, 2.05) is 0 Å². The smallest absolute Gasteiger partial charge is 0.170 e. The molecular formula is C34H55NO6. The molecule has 0 radical (unpaired) electrons. The van der Waals surface area contributed by atoms with Crippen LogP contribution in [-0.2, 0) is 18.9 Å². The van der Waals surface area contributed by atoms with Crippen molar-refractivity contribution in [3.63, 3.8) is 0 Å². The topological polar surface area (TPSA) is 80.6 Å². The van der Waals surface area contributed by atoms with Crippen LogP contribution in [0.3, 0.4) is 0 Å². The lowest BCUT2D eigenvalue weighted by atomic mass is 9.41. The fraction of sp³-hybridized carbons (Fsp3) is 1.00. The van der Waals surface area contributed by atoms with E-state index in [1.165, 1.54) is 38.5 Å². The predicted molar refractivity (Wildman–Crippen MR) is 154 cm³/mol. The summed E-state index contributed by atoms with van der Waals surface area (Å²) in [5.41, 5.74) is 0.779. The van der Waals surface area contributed by atoms with Gasteiger partial charge in [0.2, 0.25) is 0 Å². The van der Waals surface area contributed by atoms with Crippen molar-refractivity contribution in [3.8, 4) is 0 Å². The van der Waals surface area contributed by atoms with Gasteiger partial charge in [-0.1, -0.05) is 34.6 Å². The summed E-state index contributed by atoms with van der Waals surface area (Å²) in [5.74, 6) is 2.04. The van der Waals surface area contributed by atoms with E-state index in [2.05, 4.69) is 39.5 Å². The van der Waals surface area contributed by atoms with E-state index in [1.54, 1.807) is 0 Å². The van der Waals surface area contributed by atoms with Crippen LogP contribution in [0.25, 0.3) is 0 Å². The number of rotatable bonds is 4. The average molecular weight is 574 g/mol. The molecule has 5 aliphatic carbocycles. The van der Waals surface area contributed by atoms with Crippen LogP contribution < -0.4 is 0 Å². The fourth-order valence-corrected chi connectivity index (χ4v) is 13.4. The molecule has 8 fully saturated rings. The Morgan fingerprint density at radius 1 is 0.976 bits per heavy atom. The van der Waals surface area contributed by atoms with Crippen molar-refractivity contribution in [1.29, 1.82) is 0 Å². The summed E-state index contributed by atoms with van der Waals surface area (Å²) in [4.78, 5) is 2.51. The molecule has 0 bridgehead atoms. The Morgan fingerprint density at radius 3 is 2.46 bits per heavy atom. The summed E-state index contributed by atoms with van der Waals surface area (Å²) < 4.78 is 25.0. The van der Waals surface area contributed by atoms with Crippen molar-refractivity contribution in [1.82, 2.24) is 4.90 Å². The van der Waals surface area contributed by atoms with E-state index in [0.29, 0.717) is 40.5 Å². The van der Waals surface area contributed by atoms with Gasteiger partial charge >= 0.3 is 0 Å². The van der Waals surface area contributed by atoms with Gasteiger partial charge in [0, 0.05) is 12.0 Å². The van der Waals surface area contributed by atoms with Crippen molar-refractivity contribution in [2.75, 3.05) is 39.5 Å². The van der Waals surface area contributed by atoms with Gasteiger partial charge in [-0.15, -0.1) is 0 Å². The molecule has 8 rings (SSSR count). The molecule has 0 aromatic rings. The van der Waals surface area contributed by atoms with Crippen LogP contribution in [0.15, 0.2) is 0 Å². The third-order valence-corrected chi connectivity index (χ3v) is 15.5. The molecule has 0 aromatic heterocycles. The number of aliphatic hydroxyl groups excluding tert-OH is 2. The van der Waals surface area contributed by atoms with Gasteiger partial charge in [0.25, 0.3) is 0 Å². The summed E-state index contributed by atoms with van der Waals surface area (Å²) in [5, 5.41) is 22.2. The number of hydrogen-bond acceptors (Lipinski definition) is 7. The number of ether oxygens (including phenoxy) is 4. The van der Waals surface area contributed by atoms with Crippen LogP contribution in [-0.4, -0.2) is 91.4 Å². The minimum absolute atomic E-state index is 0.0586. The Balaban J connectivity index is 1.04. The standard InChI is InChI=1S/C34H55NO6/c1-20-14-22(16-36)40-28-27(20)31(4)10-11-34-19-33(34)9-8-25(41-26-15-35(12-13-39-26)21-17-38-18-21)30(2,3)23(33)6-7-24(34)32(31,5)29(28)37/h20-29,36-37H,6-19H2,1-5H3/t20-,22-,23+,24+,25+,26+,27?,28+,29+,31-,32-,33-,34+/m1/s1. The summed E-state index contributed by atoms with van der Waals surface area (Å²) in [6, 6.07) is 0.533. The van der Waals surface area contributed by atoms with Crippen LogP contribution in [0.2, 0.25) is 0 Å². The van der Waals surface area contributed by atoms with E-state index in [-0.39, 0.29) is 47.5 Å². The van der Waals surface area contributed by atoms with Gasteiger partial charge in [0.1, 0.15) is 0 Å². The number of fused-ring (bicyclic) bond motifs is 4. The second kappa shape index (κ2) is 9.14. The first-order chi connectivity index (χ1) is 19.5. The summed E-state index contributed by atoms with van der Waals surface area (Å²) >= 11 is 0. The fourth-order valence-electron chi connectivity index (χ4n) is 13.4. The van der Waals surface area contributed by atoms with E-state index >= 15 is 0 Å². The number of nitrogens with zero attached hydrogens (tertiary/aromatic N) is 1. The Morgan fingerprint density at radius 2 is 1.73 bits per heavy atom. The molecule has 7 nitrogen and oxygen atoms in total. The number of aliphatic hydroxyl groups is 2. The second-order valence-electron chi connectivity index (χ2n) is 16.9. The molecule has 5 saturated carbocycles. The quantitative estimate of drug-likeness (QED) is 0.521. The molecule has 3 saturated heterocycles. The Labute approximate surface area is 247 Å². The lowest BCUT2D eigenvalue weighted by Crippen LogP contribution is -2.60. The molecule has 0 aromatic carbocycles. The van der Waals surface area contributed by atoms with Gasteiger partial charge in [-0.3, -0.25) is 4.90 Å². The van der Waals surface area contributed by atoms with Crippen LogP contribution >= 0.6 is 0 Å². The maximum Gasteiger partial charge on any atom is 0.170 e. The van der Waals surface area contributed by atoms with Crippen LogP contribution in [0.4, 0.5) is 0 Å². The zero-order valence-electron chi connectivity index (χ0n) is 26.1. The first kappa shape index (κ1) is 28.2. The predicted octanol–water partition coefficient (Wildman–Crippen LogP) is 4.23. The normalized spacial score (nSPS) is 57.9. The molecule has 41 heavy (non-hydrogen) atoms. The molecule has 1 unspecified atom stereocenters. The first-order valence-corrected chi connectivity index (χ1v) is 17.0. The molecule has 7 heteroatoms. The van der Waals surface area contributed by atoms with Crippen molar-refractivity contribution >= 4 is 0 Å². The Hall–Kier alpha value is -0.280. The molecule has 232 valence electrons. The maximum atomic E-state index is 12.2. The highest BCUT2D eigenvalue weighted by molar-refractivity contribution is 5.32. The zero-order chi connectivity index (χ0) is 28.6. The summed E-state index contributed by atoms with van der Waals surface area (Å²) in [7, 11) is 0. The van der Waals surface area contributed by atoms with E-state index in [4.69, 9.17) is 18.9 Å². The van der Waals surface area contributed by atoms with Crippen molar-refractivity contribution in [2.45, 2.75) is 123 Å². The molecule has 13 atom stereocenters. The van der Waals surface area contributed by atoms with E-state index < -0.39 is 6.10 Å². The highest BCUT2D eigenvalue weighted by atomic mass is 16.7. The second-order valence-corrected chi connectivity index (χ2v) is 16.9. The SMILES string of the molecule is C[C@@H]1C[C@H](CO)O[C@H]2C1[C@@]1(C)CC[C@@]34C[C@@]35CC[C@H](O[C@H]3CN(C6COC6)CCO3)C(C)(C)[C@@H]5CC[C@H]4[C@]1(C)[C@H]2O. The van der Waals surface area contributed by atoms with Gasteiger partial charge < -0.3 is 29.2 Å². The number of hydrogen-bond donors (Lipinski definition) is 2. The van der Waals surface area contributed by atoms with Gasteiger partial charge in [0.15, 0.2) is 6.29 Å². The average Bonchev–Trinajstić information content (AvgIpc) is 3.54. The first-order valence-electron chi connectivity index (χ1n) is 17.0. The van der Waals surface area contributed by atoms with Crippen LogP contribution in [0, 0.1) is 50.7 Å². The number of morpholine rings is 1. The molecule has 3 heterocycles. The van der Waals surface area contributed by atoms with Crippen molar-refractivity contribution < 1.29 is 29.2 Å².